The van der Waals surface area contributed by atoms with Gasteiger partial charge in [-0.1, -0.05) is 25.1 Å². The van der Waals surface area contributed by atoms with Gasteiger partial charge in [-0.05, 0) is 18.6 Å². The monoisotopic (exact) mass is 273 g/mol. The summed E-state index contributed by atoms with van der Waals surface area (Å²) in [6.07, 6.45) is 3.31. The molecule has 2 aromatic rings. The number of nitrogens with zero attached hydrogens (tertiary/aromatic N) is 3. The fraction of sp³-hybridized carbons (Fsp3) is 0.357. The molecule has 0 spiro atoms. The summed E-state index contributed by atoms with van der Waals surface area (Å²) in [7, 11) is 0. The highest BCUT2D eigenvalue weighted by atomic mass is 16.5. The molecule has 3 N–H and O–H groups in total. The number of nitrogens with two attached hydrogens (primary N) is 1. The standard InChI is InChI=1S/C14H19N5O/c1-3-11-10(12(4-2)20-19-11)9-17-14(15)18-13-7-5-6-8-16-13/h5-8H,3-4,9H2,1-2H3,(H3,15,16,17,18). The molecule has 0 fully saturated rings. The molecule has 0 bridgehead atoms. The minimum absolute atomic E-state index is 0.328. The average molecular weight is 273 g/mol. The van der Waals surface area contributed by atoms with Gasteiger partial charge in [0, 0.05) is 18.2 Å². The van der Waals surface area contributed by atoms with E-state index in [-0.39, 0.29) is 0 Å². The molecule has 0 atom stereocenters. The Bertz CT molecular complexity index is 555. The van der Waals surface area contributed by atoms with Crippen LogP contribution < -0.4 is 11.1 Å². The molecule has 6 heteroatoms. The van der Waals surface area contributed by atoms with Gasteiger partial charge in [0.15, 0.2) is 5.96 Å². The topological polar surface area (TPSA) is 89.3 Å². The lowest BCUT2D eigenvalue weighted by Crippen LogP contribution is -2.23. The molecule has 0 radical (unpaired) electrons. The Morgan fingerprint density at radius 3 is 2.85 bits per heavy atom. The maximum atomic E-state index is 5.85. The average Bonchev–Trinajstić information content (AvgIpc) is 2.88. The van der Waals surface area contributed by atoms with Crippen molar-refractivity contribution >= 4 is 11.8 Å². The van der Waals surface area contributed by atoms with E-state index in [2.05, 4.69) is 20.4 Å². The van der Waals surface area contributed by atoms with E-state index in [1.54, 1.807) is 6.20 Å². The number of hydrogen-bond acceptors (Lipinski definition) is 4. The predicted octanol–water partition coefficient (Wildman–Crippen LogP) is 2.12. The van der Waals surface area contributed by atoms with Gasteiger partial charge in [-0.15, -0.1) is 0 Å². The molecule has 2 heterocycles. The summed E-state index contributed by atoms with van der Waals surface area (Å²) in [5.41, 5.74) is 7.82. The molecule has 0 aliphatic heterocycles. The van der Waals surface area contributed by atoms with Crippen LogP contribution in [0, 0.1) is 0 Å². The van der Waals surface area contributed by atoms with Crippen LogP contribution in [0.4, 0.5) is 5.82 Å². The summed E-state index contributed by atoms with van der Waals surface area (Å²) in [5.74, 6) is 1.87. The highest BCUT2D eigenvalue weighted by Gasteiger charge is 2.12. The van der Waals surface area contributed by atoms with Gasteiger partial charge in [0.1, 0.15) is 11.6 Å². The molecule has 0 aliphatic rings. The van der Waals surface area contributed by atoms with Gasteiger partial charge in [-0.2, -0.15) is 0 Å². The molecule has 0 amide bonds. The third kappa shape index (κ3) is 3.34. The summed E-state index contributed by atoms with van der Waals surface area (Å²) in [4.78, 5) is 8.45. The second-order valence-corrected chi connectivity index (χ2v) is 4.28. The number of hydrogen-bond donors (Lipinski definition) is 2. The summed E-state index contributed by atoms with van der Waals surface area (Å²) < 4.78 is 5.29. The molecule has 0 saturated carbocycles. The van der Waals surface area contributed by atoms with Gasteiger partial charge in [-0.3, -0.25) is 0 Å². The van der Waals surface area contributed by atoms with Crippen molar-refractivity contribution in [3.05, 3.63) is 41.4 Å². The van der Waals surface area contributed by atoms with Crippen LogP contribution >= 0.6 is 0 Å². The zero-order chi connectivity index (χ0) is 14.4. The van der Waals surface area contributed by atoms with E-state index in [9.17, 15) is 0 Å². The van der Waals surface area contributed by atoms with Crippen molar-refractivity contribution in [2.45, 2.75) is 33.2 Å². The maximum Gasteiger partial charge on any atom is 0.194 e. The highest BCUT2D eigenvalue weighted by Crippen LogP contribution is 2.16. The van der Waals surface area contributed by atoms with Crippen molar-refractivity contribution in [3.8, 4) is 0 Å². The summed E-state index contributed by atoms with van der Waals surface area (Å²) in [5, 5.41) is 6.99. The van der Waals surface area contributed by atoms with Crippen LogP contribution in [0.5, 0.6) is 0 Å². The van der Waals surface area contributed by atoms with Crippen LogP contribution in [0.3, 0.4) is 0 Å². The Balaban J connectivity index is 2.07. The molecular weight excluding hydrogens is 254 g/mol. The minimum Gasteiger partial charge on any atom is -0.370 e. The van der Waals surface area contributed by atoms with Gasteiger partial charge in [0.25, 0.3) is 0 Å². The molecular formula is C14H19N5O. The first-order valence-corrected chi connectivity index (χ1v) is 6.68. The Hall–Kier alpha value is -2.37. The maximum absolute atomic E-state index is 5.85. The molecule has 20 heavy (non-hydrogen) atoms. The number of nitrogens with one attached hydrogen (secondary N) is 1. The summed E-state index contributed by atoms with van der Waals surface area (Å²) >= 11 is 0. The van der Waals surface area contributed by atoms with Crippen LogP contribution in [0.2, 0.25) is 0 Å². The van der Waals surface area contributed by atoms with Crippen molar-refractivity contribution in [1.82, 2.24) is 10.1 Å². The van der Waals surface area contributed by atoms with Gasteiger partial charge in [0.2, 0.25) is 0 Å². The SMILES string of the molecule is CCc1noc(CC)c1CN=C(N)Nc1ccccn1. The van der Waals surface area contributed by atoms with Crippen molar-refractivity contribution in [2.75, 3.05) is 5.32 Å². The number of aliphatic imine (C=N–C) groups is 1. The van der Waals surface area contributed by atoms with E-state index in [0.29, 0.717) is 18.3 Å². The van der Waals surface area contributed by atoms with Crippen LogP contribution in [0.1, 0.15) is 30.9 Å². The Morgan fingerprint density at radius 1 is 1.35 bits per heavy atom. The normalized spacial score (nSPS) is 11.6. The third-order valence-electron chi connectivity index (χ3n) is 2.94. The number of aromatic nitrogens is 2. The molecule has 0 aromatic carbocycles. The second kappa shape index (κ2) is 6.70. The summed E-state index contributed by atoms with van der Waals surface area (Å²) in [6, 6.07) is 5.56. The minimum atomic E-state index is 0.328. The van der Waals surface area contributed by atoms with E-state index in [1.807, 2.05) is 32.0 Å². The van der Waals surface area contributed by atoms with Crippen molar-refractivity contribution < 1.29 is 4.52 Å². The van der Waals surface area contributed by atoms with Crippen LogP contribution in [0.15, 0.2) is 33.9 Å². The first-order chi connectivity index (χ1) is 9.74. The number of guanidine groups is 1. The lowest BCUT2D eigenvalue weighted by atomic mass is 10.1. The Kier molecular flexibility index (Phi) is 4.70. The lowest BCUT2D eigenvalue weighted by Gasteiger charge is -2.04. The predicted molar refractivity (Wildman–Crippen MR) is 78.4 cm³/mol. The number of pyridine rings is 1. The summed E-state index contributed by atoms with van der Waals surface area (Å²) in [6.45, 7) is 4.53. The fourth-order valence-electron chi connectivity index (χ4n) is 1.89. The molecule has 2 aromatic heterocycles. The van der Waals surface area contributed by atoms with E-state index >= 15 is 0 Å². The molecule has 0 saturated heterocycles. The van der Waals surface area contributed by atoms with Crippen molar-refractivity contribution in [2.24, 2.45) is 10.7 Å². The van der Waals surface area contributed by atoms with Crippen molar-refractivity contribution in [1.29, 1.82) is 0 Å². The molecule has 6 nitrogen and oxygen atoms in total. The van der Waals surface area contributed by atoms with Crippen molar-refractivity contribution in [3.63, 3.8) is 0 Å². The first kappa shape index (κ1) is 14.0. The number of aryl methyl sites for hydroxylation is 2. The van der Waals surface area contributed by atoms with Crippen LogP contribution in [-0.4, -0.2) is 16.1 Å². The lowest BCUT2D eigenvalue weighted by molar-refractivity contribution is 0.380. The van der Waals surface area contributed by atoms with E-state index in [0.717, 1.165) is 29.9 Å². The smallest absolute Gasteiger partial charge is 0.194 e. The second-order valence-electron chi connectivity index (χ2n) is 4.28. The Morgan fingerprint density at radius 2 is 2.20 bits per heavy atom. The van der Waals surface area contributed by atoms with Gasteiger partial charge < -0.3 is 15.6 Å². The number of rotatable bonds is 5. The Labute approximate surface area is 118 Å². The zero-order valence-corrected chi connectivity index (χ0v) is 11.8. The number of anilines is 1. The van der Waals surface area contributed by atoms with Crippen LogP contribution in [-0.2, 0) is 19.4 Å². The van der Waals surface area contributed by atoms with E-state index in [1.165, 1.54) is 0 Å². The van der Waals surface area contributed by atoms with Gasteiger partial charge in [-0.25, -0.2) is 9.98 Å². The first-order valence-electron chi connectivity index (χ1n) is 6.68. The fourth-order valence-corrected chi connectivity index (χ4v) is 1.89. The molecule has 2 rings (SSSR count). The largest absolute Gasteiger partial charge is 0.370 e. The quantitative estimate of drug-likeness (QED) is 0.643. The molecule has 0 unspecified atom stereocenters. The zero-order valence-electron chi connectivity index (χ0n) is 11.8. The molecule has 0 aliphatic carbocycles. The molecule has 106 valence electrons. The van der Waals surface area contributed by atoms with E-state index < -0.39 is 0 Å². The van der Waals surface area contributed by atoms with Crippen LogP contribution in [0.25, 0.3) is 0 Å². The van der Waals surface area contributed by atoms with Gasteiger partial charge >= 0.3 is 0 Å². The third-order valence-corrected chi connectivity index (χ3v) is 2.94. The van der Waals surface area contributed by atoms with E-state index in [4.69, 9.17) is 10.3 Å². The highest BCUT2D eigenvalue weighted by molar-refractivity contribution is 5.91. The van der Waals surface area contributed by atoms with Gasteiger partial charge in [0.05, 0.1) is 12.2 Å².